The van der Waals surface area contributed by atoms with Gasteiger partial charge in [0.25, 0.3) is 0 Å². The van der Waals surface area contributed by atoms with Gasteiger partial charge in [-0.15, -0.1) is 11.3 Å². The molecular formula is C9H12N4OS. The number of rotatable bonds is 2. The van der Waals surface area contributed by atoms with Gasteiger partial charge in [-0.25, -0.2) is 14.8 Å². The van der Waals surface area contributed by atoms with Crippen LogP contribution >= 0.6 is 11.3 Å². The van der Waals surface area contributed by atoms with Crippen molar-refractivity contribution >= 4 is 22.5 Å². The second-order valence-corrected chi connectivity index (χ2v) is 4.00. The van der Waals surface area contributed by atoms with Crippen molar-refractivity contribution in [1.82, 2.24) is 15.4 Å². The van der Waals surface area contributed by atoms with Crippen LogP contribution < -0.4 is 10.7 Å². The normalized spacial score (nSPS) is 16.3. The number of nitrogens with zero attached hydrogens (tertiary/aromatic N) is 2. The molecular weight excluding hydrogens is 212 g/mol. The molecule has 1 aliphatic heterocycles. The number of amides is 2. The number of carbonyl (C=O) groups is 1. The summed E-state index contributed by atoms with van der Waals surface area (Å²) in [4.78, 5) is 15.4. The number of anilines is 1. The zero-order chi connectivity index (χ0) is 10.5. The molecule has 2 amide bonds. The van der Waals surface area contributed by atoms with E-state index in [1.54, 1.807) is 6.20 Å². The quantitative estimate of drug-likeness (QED) is 0.747. The zero-order valence-corrected chi connectivity index (χ0v) is 8.96. The first-order valence-electron chi connectivity index (χ1n) is 4.71. The lowest BCUT2D eigenvalue weighted by Gasteiger charge is -2.23. The molecule has 1 aromatic rings. The van der Waals surface area contributed by atoms with Gasteiger partial charge in [-0.3, -0.25) is 10.7 Å². The molecule has 5 nitrogen and oxygen atoms in total. The third-order valence-electron chi connectivity index (χ3n) is 1.97. The van der Waals surface area contributed by atoms with Crippen LogP contribution in [0.4, 0.5) is 9.93 Å². The average Bonchev–Trinajstić information content (AvgIpc) is 2.71. The van der Waals surface area contributed by atoms with Crippen molar-refractivity contribution in [3.05, 3.63) is 23.7 Å². The van der Waals surface area contributed by atoms with Crippen molar-refractivity contribution in [2.45, 2.75) is 6.42 Å². The fraction of sp³-hybridized carbons (Fsp3) is 0.333. The summed E-state index contributed by atoms with van der Waals surface area (Å²) < 4.78 is 0. The Balaban J connectivity index is 1.79. The van der Waals surface area contributed by atoms with Crippen LogP contribution in [0, 0.1) is 0 Å². The summed E-state index contributed by atoms with van der Waals surface area (Å²) >= 11 is 1.40. The molecule has 2 rings (SSSR count). The van der Waals surface area contributed by atoms with Crippen LogP contribution in [-0.2, 0) is 0 Å². The maximum atomic E-state index is 11.5. The molecule has 0 saturated carbocycles. The van der Waals surface area contributed by atoms with Gasteiger partial charge in [-0.1, -0.05) is 12.2 Å². The topological polar surface area (TPSA) is 57.3 Å². The number of carbonyl (C=O) groups excluding carboxylic acids is 1. The van der Waals surface area contributed by atoms with Gasteiger partial charge in [0.2, 0.25) is 0 Å². The number of nitrogens with one attached hydrogen (secondary N) is 2. The predicted molar refractivity (Wildman–Crippen MR) is 59.6 cm³/mol. The number of urea groups is 1. The van der Waals surface area contributed by atoms with Crippen LogP contribution in [0.5, 0.6) is 0 Å². The summed E-state index contributed by atoms with van der Waals surface area (Å²) in [6.07, 6.45) is 6.77. The van der Waals surface area contributed by atoms with Gasteiger partial charge in [-0.2, -0.15) is 0 Å². The smallest absolute Gasteiger partial charge is 0.283 e. The Morgan fingerprint density at radius 3 is 3.13 bits per heavy atom. The van der Waals surface area contributed by atoms with E-state index in [0.717, 1.165) is 19.5 Å². The van der Waals surface area contributed by atoms with Crippen molar-refractivity contribution in [2.24, 2.45) is 0 Å². The first kappa shape index (κ1) is 10.1. The minimum Gasteiger partial charge on any atom is -0.283 e. The SMILES string of the molecule is O=C(Nc1nccs1)NN1CC=CCC1. The van der Waals surface area contributed by atoms with Gasteiger partial charge in [-0.05, 0) is 6.42 Å². The molecule has 0 radical (unpaired) electrons. The molecule has 2 heterocycles. The zero-order valence-electron chi connectivity index (χ0n) is 8.14. The highest BCUT2D eigenvalue weighted by molar-refractivity contribution is 7.13. The van der Waals surface area contributed by atoms with Crippen LogP contribution in [-0.4, -0.2) is 29.1 Å². The fourth-order valence-electron chi connectivity index (χ4n) is 1.30. The highest BCUT2D eigenvalue weighted by Crippen LogP contribution is 2.09. The number of hydrogen-bond acceptors (Lipinski definition) is 4. The molecule has 1 aliphatic rings. The van der Waals surface area contributed by atoms with Gasteiger partial charge >= 0.3 is 6.03 Å². The molecule has 0 spiro atoms. The highest BCUT2D eigenvalue weighted by Gasteiger charge is 2.10. The van der Waals surface area contributed by atoms with Gasteiger partial charge in [0.05, 0.1) is 0 Å². The maximum Gasteiger partial charge on any atom is 0.335 e. The molecule has 6 heteroatoms. The lowest BCUT2D eigenvalue weighted by atomic mass is 10.3. The first-order chi connectivity index (χ1) is 7.34. The van der Waals surface area contributed by atoms with Gasteiger partial charge < -0.3 is 0 Å². The number of hydrazine groups is 1. The molecule has 0 atom stereocenters. The van der Waals surface area contributed by atoms with Crippen LogP contribution in [0.1, 0.15) is 6.42 Å². The standard InChI is InChI=1S/C9H12N4OS/c14-8(11-9-10-4-7-15-9)12-13-5-2-1-3-6-13/h1-2,4,7H,3,5-6H2,(H2,10,11,12,14). The third-order valence-corrected chi connectivity index (χ3v) is 2.66. The minimum absolute atomic E-state index is 0.236. The maximum absolute atomic E-state index is 11.5. The van der Waals surface area contributed by atoms with Crippen LogP contribution in [0.15, 0.2) is 23.7 Å². The van der Waals surface area contributed by atoms with Gasteiger partial charge in [0, 0.05) is 24.7 Å². The number of hydrogen-bond donors (Lipinski definition) is 2. The Labute approximate surface area is 91.8 Å². The summed E-state index contributed by atoms with van der Waals surface area (Å²) in [5, 5.41) is 6.95. The lowest BCUT2D eigenvalue weighted by molar-refractivity contribution is 0.196. The monoisotopic (exact) mass is 224 g/mol. The van der Waals surface area contributed by atoms with E-state index in [1.165, 1.54) is 11.3 Å². The lowest BCUT2D eigenvalue weighted by Crippen LogP contribution is -2.45. The van der Waals surface area contributed by atoms with Crippen LogP contribution in [0.2, 0.25) is 0 Å². The minimum atomic E-state index is -0.236. The highest BCUT2D eigenvalue weighted by atomic mass is 32.1. The van der Waals surface area contributed by atoms with Crippen molar-refractivity contribution in [2.75, 3.05) is 18.4 Å². The van der Waals surface area contributed by atoms with Crippen LogP contribution in [0.25, 0.3) is 0 Å². The number of thiazole rings is 1. The molecule has 0 fully saturated rings. The molecule has 2 N–H and O–H groups in total. The molecule has 0 bridgehead atoms. The van der Waals surface area contributed by atoms with E-state index in [9.17, 15) is 4.79 Å². The van der Waals surface area contributed by atoms with Crippen molar-refractivity contribution < 1.29 is 4.79 Å². The second kappa shape index (κ2) is 4.90. The van der Waals surface area contributed by atoms with Gasteiger partial charge in [0.1, 0.15) is 0 Å². The largest absolute Gasteiger partial charge is 0.335 e. The van der Waals surface area contributed by atoms with Gasteiger partial charge in [0.15, 0.2) is 5.13 Å². The summed E-state index contributed by atoms with van der Waals surface area (Å²) in [5.74, 6) is 0. The Bertz CT molecular complexity index is 349. The average molecular weight is 224 g/mol. The van der Waals surface area contributed by atoms with Crippen molar-refractivity contribution in [3.63, 3.8) is 0 Å². The summed E-state index contributed by atoms with van der Waals surface area (Å²) in [5.41, 5.74) is 2.76. The molecule has 0 aliphatic carbocycles. The van der Waals surface area contributed by atoms with E-state index in [4.69, 9.17) is 0 Å². The molecule has 0 aromatic carbocycles. The second-order valence-electron chi connectivity index (χ2n) is 3.11. The summed E-state index contributed by atoms with van der Waals surface area (Å²) in [6, 6.07) is -0.236. The van der Waals surface area contributed by atoms with Crippen molar-refractivity contribution in [1.29, 1.82) is 0 Å². The summed E-state index contributed by atoms with van der Waals surface area (Å²) in [6.45, 7) is 1.60. The predicted octanol–water partition coefficient (Wildman–Crippen LogP) is 1.44. The number of aromatic nitrogens is 1. The van der Waals surface area contributed by atoms with E-state index in [2.05, 4.69) is 21.8 Å². The molecule has 0 unspecified atom stereocenters. The summed E-state index contributed by atoms with van der Waals surface area (Å²) in [7, 11) is 0. The molecule has 80 valence electrons. The Hall–Kier alpha value is -1.40. The third kappa shape index (κ3) is 3.03. The van der Waals surface area contributed by atoms with E-state index < -0.39 is 0 Å². The first-order valence-corrected chi connectivity index (χ1v) is 5.59. The fourth-order valence-corrected chi connectivity index (χ4v) is 1.82. The van der Waals surface area contributed by atoms with E-state index in [1.807, 2.05) is 16.5 Å². The molecule has 15 heavy (non-hydrogen) atoms. The van der Waals surface area contributed by atoms with Crippen LogP contribution in [0.3, 0.4) is 0 Å². The Kier molecular flexibility index (Phi) is 3.31. The van der Waals surface area contributed by atoms with E-state index >= 15 is 0 Å². The van der Waals surface area contributed by atoms with E-state index in [-0.39, 0.29) is 6.03 Å². The van der Waals surface area contributed by atoms with Crippen molar-refractivity contribution in [3.8, 4) is 0 Å². The van der Waals surface area contributed by atoms with E-state index in [0.29, 0.717) is 5.13 Å². The Morgan fingerprint density at radius 2 is 2.47 bits per heavy atom. The molecule has 1 aromatic heterocycles. The molecule has 0 saturated heterocycles. The Morgan fingerprint density at radius 1 is 1.53 bits per heavy atom.